The molecule has 0 radical (unpaired) electrons. The fourth-order valence-corrected chi connectivity index (χ4v) is 2.36. The number of thiazole rings is 1. The summed E-state index contributed by atoms with van der Waals surface area (Å²) >= 11 is 1.48. The SMILES string of the molecule is Cc1csc(NCC(C(=O)O)c2ccccc2)n1. The highest BCUT2D eigenvalue weighted by molar-refractivity contribution is 7.13. The van der Waals surface area contributed by atoms with Gasteiger partial charge in [0.15, 0.2) is 5.13 Å². The molecule has 1 atom stereocenters. The van der Waals surface area contributed by atoms with Crippen molar-refractivity contribution in [2.24, 2.45) is 0 Å². The molecule has 2 rings (SSSR count). The molecular formula is C13H14N2O2S. The van der Waals surface area contributed by atoms with Gasteiger partial charge in [0.05, 0.1) is 11.6 Å². The van der Waals surface area contributed by atoms with Gasteiger partial charge in [0.25, 0.3) is 0 Å². The van der Waals surface area contributed by atoms with Gasteiger partial charge in [0, 0.05) is 11.9 Å². The summed E-state index contributed by atoms with van der Waals surface area (Å²) in [6, 6.07) is 9.22. The molecule has 0 aliphatic heterocycles. The van der Waals surface area contributed by atoms with Gasteiger partial charge in [-0.25, -0.2) is 4.98 Å². The molecule has 1 aromatic carbocycles. The first-order valence-corrected chi connectivity index (χ1v) is 6.48. The lowest BCUT2D eigenvalue weighted by molar-refractivity contribution is -0.138. The summed E-state index contributed by atoms with van der Waals surface area (Å²) in [6.45, 7) is 2.25. The first-order valence-electron chi connectivity index (χ1n) is 5.60. The van der Waals surface area contributed by atoms with Crippen LogP contribution < -0.4 is 5.32 Å². The molecule has 2 aromatic rings. The molecule has 18 heavy (non-hydrogen) atoms. The molecule has 1 aromatic heterocycles. The van der Waals surface area contributed by atoms with E-state index in [1.165, 1.54) is 11.3 Å². The van der Waals surface area contributed by atoms with E-state index in [1.807, 2.05) is 42.6 Å². The van der Waals surface area contributed by atoms with Crippen molar-refractivity contribution >= 4 is 22.4 Å². The summed E-state index contributed by atoms with van der Waals surface area (Å²) in [5.41, 5.74) is 1.74. The van der Waals surface area contributed by atoms with Gasteiger partial charge in [-0.05, 0) is 12.5 Å². The minimum Gasteiger partial charge on any atom is -0.481 e. The third kappa shape index (κ3) is 3.07. The Kier molecular flexibility index (Phi) is 3.94. The van der Waals surface area contributed by atoms with Crippen molar-refractivity contribution in [2.75, 3.05) is 11.9 Å². The molecule has 4 nitrogen and oxygen atoms in total. The van der Waals surface area contributed by atoms with Crippen LogP contribution in [0.5, 0.6) is 0 Å². The van der Waals surface area contributed by atoms with E-state index >= 15 is 0 Å². The largest absolute Gasteiger partial charge is 0.481 e. The predicted octanol–water partition coefficient (Wildman–Crippen LogP) is 2.73. The van der Waals surface area contributed by atoms with E-state index in [4.69, 9.17) is 0 Å². The highest BCUT2D eigenvalue weighted by Crippen LogP contribution is 2.19. The number of aryl methyl sites for hydroxylation is 1. The van der Waals surface area contributed by atoms with E-state index in [0.29, 0.717) is 6.54 Å². The molecule has 0 saturated carbocycles. The summed E-state index contributed by atoms with van der Waals surface area (Å²) in [6.07, 6.45) is 0. The second-order valence-corrected chi connectivity index (χ2v) is 4.83. The standard InChI is InChI=1S/C13H14N2O2S/c1-9-8-18-13(15-9)14-7-11(12(16)17)10-5-3-2-4-6-10/h2-6,8,11H,7H2,1H3,(H,14,15)(H,16,17). The van der Waals surface area contributed by atoms with E-state index in [-0.39, 0.29) is 0 Å². The Bertz CT molecular complexity index is 525. The Morgan fingerprint density at radius 3 is 2.72 bits per heavy atom. The first kappa shape index (κ1) is 12.6. The molecular weight excluding hydrogens is 248 g/mol. The van der Waals surface area contributed by atoms with E-state index in [9.17, 15) is 9.90 Å². The van der Waals surface area contributed by atoms with Gasteiger partial charge in [-0.15, -0.1) is 11.3 Å². The van der Waals surface area contributed by atoms with Crippen LogP contribution in [0.15, 0.2) is 35.7 Å². The molecule has 0 saturated heterocycles. The van der Waals surface area contributed by atoms with Gasteiger partial charge in [-0.3, -0.25) is 4.79 Å². The number of rotatable bonds is 5. The Morgan fingerprint density at radius 2 is 2.17 bits per heavy atom. The summed E-state index contributed by atoms with van der Waals surface area (Å²) in [4.78, 5) is 15.5. The van der Waals surface area contributed by atoms with Gasteiger partial charge < -0.3 is 10.4 Å². The first-order chi connectivity index (χ1) is 8.66. The summed E-state index contributed by atoms with van der Waals surface area (Å²) in [5.74, 6) is -1.39. The lowest BCUT2D eigenvalue weighted by atomic mass is 9.99. The maximum Gasteiger partial charge on any atom is 0.312 e. The van der Waals surface area contributed by atoms with Crippen LogP contribution in [0.2, 0.25) is 0 Å². The minimum atomic E-state index is -0.832. The molecule has 5 heteroatoms. The van der Waals surface area contributed by atoms with E-state index < -0.39 is 11.9 Å². The molecule has 94 valence electrons. The number of carboxylic acid groups (broad SMARTS) is 1. The maximum atomic E-state index is 11.3. The highest BCUT2D eigenvalue weighted by Gasteiger charge is 2.19. The molecule has 0 spiro atoms. The number of aromatic nitrogens is 1. The summed E-state index contributed by atoms with van der Waals surface area (Å²) in [7, 11) is 0. The third-order valence-corrected chi connectivity index (χ3v) is 3.49. The van der Waals surface area contributed by atoms with Gasteiger partial charge >= 0.3 is 5.97 Å². The summed E-state index contributed by atoms with van der Waals surface area (Å²) in [5, 5.41) is 15.0. The fourth-order valence-electron chi connectivity index (χ4n) is 1.66. The van der Waals surface area contributed by atoms with Gasteiger partial charge in [0.1, 0.15) is 0 Å². The van der Waals surface area contributed by atoms with Crippen molar-refractivity contribution in [3.05, 3.63) is 47.0 Å². The van der Waals surface area contributed by atoms with Crippen LogP contribution in [-0.2, 0) is 4.79 Å². The molecule has 0 aliphatic rings. The number of carboxylic acids is 1. The molecule has 0 amide bonds. The Morgan fingerprint density at radius 1 is 1.44 bits per heavy atom. The molecule has 1 heterocycles. The van der Waals surface area contributed by atoms with Crippen molar-refractivity contribution in [1.29, 1.82) is 0 Å². The molecule has 1 unspecified atom stereocenters. The average Bonchev–Trinajstić information content (AvgIpc) is 2.76. The lowest BCUT2D eigenvalue weighted by Crippen LogP contribution is -2.20. The van der Waals surface area contributed by atoms with Crippen molar-refractivity contribution < 1.29 is 9.90 Å². The van der Waals surface area contributed by atoms with Crippen LogP contribution in [0.1, 0.15) is 17.2 Å². The number of benzene rings is 1. The van der Waals surface area contributed by atoms with Crippen LogP contribution in [0, 0.1) is 6.92 Å². The van der Waals surface area contributed by atoms with Crippen LogP contribution >= 0.6 is 11.3 Å². The summed E-state index contributed by atoms with van der Waals surface area (Å²) < 4.78 is 0. The molecule has 0 bridgehead atoms. The molecule has 0 aliphatic carbocycles. The molecule has 0 fully saturated rings. The normalized spacial score (nSPS) is 12.1. The van der Waals surface area contributed by atoms with Gasteiger partial charge in [0.2, 0.25) is 0 Å². The van der Waals surface area contributed by atoms with Crippen molar-refractivity contribution in [1.82, 2.24) is 4.98 Å². The van der Waals surface area contributed by atoms with Crippen LogP contribution in [0.4, 0.5) is 5.13 Å². The van der Waals surface area contributed by atoms with Crippen molar-refractivity contribution in [2.45, 2.75) is 12.8 Å². The van der Waals surface area contributed by atoms with Crippen molar-refractivity contribution in [3.8, 4) is 0 Å². The molecule has 2 N–H and O–H groups in total. The number of anilines is 1. The second kappa shape index (κ2) is 5.64. The van der Waals surface area contributed by atoms with Gasteiger partial charge in [-0.2, -0.15) is 0 Å². The predicted molar refractivity (Wildman–Crippen MR) is 72.2 cm³/mol. The van der Waals surface area contributed by atoms with E-state index in [2.05, 4.69) is 10.3 Å². The highest BCUT2D eigenvalue weighted by atomic mass is 32.1. The number of hydrogen-bond acceptors (Lipinski definition) is 4. The zero-order valence-electron chi connectivity index (χ0n) is 9.96. The Balaban J connectivity index is 2.06. The minimum absolute atomic E-state index is 0.340. The number of aliphatic carboxylic acids is 1. The second-order valence-electron chi connectivity index (χ2n) is 3.98. The number of nitrogens with zero attached hydrogens (tertiary/aromatic N) is 1. The third-order valence-electron chi connectivity index (χ3n) is 2.58. The Labute approximate surface area is 109 Å². The number of carbonyl (C=O) groups is 1. The quantitative estimate of drug-likeness (QED) is 0.869. The maximum absolute atomic E-state index is 11.3. The topological polar surface area (TPSA) is 62.2 Å². The monoisotopic (exact) mass is 262 g/mol. The van der Waals surface area contributed by atoms with Crippen LogP contribution in [0.25, 0.3) is 0 Å². The van der Waals surface area contributed by atoms with Crippen molar-refractivity contribution in [3.63, 3.8) is 0 Å². The van der Waals surface area contributed by atoms with E-state index in [0.717, 1.165) is 16.4 Å². The smallest absolute Gasteiger partial charge is 0.312 e. The zero-order chi connectivity index (χ0) is 13.0. The van der Waals surface area contributed by atoms with Crippen LogP contribution in [-0.4, -0.2) is 22.6 Å². The number of hydrogen-bond donors (Lipinski definition) is 2. The average molecular weight is 262 g/mol. The lowest BCUT2D eigenvalue weighted by Gasteiger charge is -2.13. The van der Waals surface area contributed by atoms with Gasteiger partial charge in [-0.1, -0.05) is 30.3 Å². The zero-order valence-corrected chi connectivity index (χ0v) is 10.8. The Hall–Kier alpha value is -1.88. The number of nitrogens with one attached hydrogen (secondary N) is 1. The fraction of sp³-hybridized carbons (Fsp3) is 0.231. The van der Waals surface area contributed by atoms with Crippen LogP contribution in [0.3, 0.4) is 0 Å². The van der Waals surface area contributed by atoms with E-state index in [1.54, 1.807) is 0 Å².